The Labute approximate surface area is 125 Å². The van der Waals surface area contributed by atoms with E-state index in [0.29, 0.717) is 0 Å². The lowest BCUT2D eigenvalue weighted by Crippen LogP contribution is -2.16. The third-order valence-electron chi connectivity index (χ3n) is 3.78. The number of rotatable bonds is 14. The normalized spacial score (nSPS) is 12.3. The molecule has 3 heteroatoms. The Morgan fingerprint density at radius 1 is 0.800 bits per heavy atom. The van der Waals surface area contributed by atoms with Gasteiger partial charge >= 0.3 is 6.16 Å². The van der Waals surface area contributed by atoms with Crippen LogP contribution in [-0.2, 0) is 4.74 Å². The Bertz CT molecular complexity index is 216. The van der Waals surface area contributed by atoms with Crippen LogP contribution >= 0.6 is 0 Å². The van der Waals surface area contributed by atoms with Crippen LogP contribution in [0.25, 0.3) is 0 Å². The van der Waals surface area contributed by atoms with Crippen LogP contribution in [0, 0.1) is 0 Å². The largest absolute Gasteiger partial charge is 0.506 e. The zero-order chi connectivity index (χ0) is 15.1. The second-order valence-corrected chi connectivity index (χ2v) is 5.77. The highest BCUT2D eigenvalue weighted by Gasteiger charge is 2.12. The van der Waals surface area contributed by atoms with Crippen molar-refractivity contribution in [3.63, 3.8) is 0 Å². The average molecular weight is 286 g/mol. The van der Waals surface area contributed by atoms with Crippen molar-refractivity contribution in [2.45, 2.75) is 103 Å². The summed E-state index contributed by atoms with van der Waals surface area (Å²) >= 11 is 0. The summed E-state index contributed by atoms with van der Waals surface area (Å²) < 4.78 is 4.94. The number of carboxylic acid groups (broad SMARTS) is 1. The van der Waals surface area contributed by atoms with Gasteiger partial charge in [0.1, 0.15) is 6.10 Å². The Hall–Kier alpha value is -0.730. The van der Waals surface area contributed by atoms with Gasteiger partial charge in [0, 0.05) is 0 Å². The molecule has 0 aliphatic rings. The molecule has 0 aliphatic heterocycles. The van der Waals surface area contributed by atoms with Crippen molar-refractivity contribution < 1.29 is 14.6 Å². The van der Waals surface area contributed by atoms with Crippen molar-refractivity contribution in [2.75, 3.05) is 0 Å². The van der Waals surface area contributed by atoms with E-state index < -0.39 is 6.16 Å². The van der Waals surface area contributed by atoms with Crippen molar-refractivity contribution in [3.8, 4) is 0 Å². The summed E-state index contributed by atoms with van der Waals surface area (Å²) in [6, 6.07) is 0. The van der Waals surface area contributed by atoms with Crippen LogP contribution in [0.2, 0.25) is 0 Å². The first kappa shape index (κ1) is 19.3. The molecule has 0 rings (SSSR count). The molecule has 0 saturated carbocycles. The minimum absolute atomic E-state index is 0.0861. The van der Waals surface area contributed by atoms with E-state index in [9.17, 15) is 4.79 Å². The third kappa shape index (κ3) is 13.7. The van der Waals surface area contributed by atoms with Gasteiger partial charge in [0.15, 0.2) is 0 Å². The van der Waals surface area contributed by atoms with E-state index in [-0.39, 0.29) is 6.10 Å². The number of hydrogen-bond acceptors (Lipinski definition) is 2. The van der Waals surface area contributed by atoms with Crippen LogP contribution in [0.3, 0.4) is 0 Å². The van der Waals surface area contributed by atoms with Gasteiger partial charge in [-0.25, -0.2) is 4.79 Å². The van der Waals surface area contributed by atoms with Crippen LogP contribution < -0.4 is 0 Å². The van der Waals surface area contributed by atoms with Crippen molar-refractivity contribution in [1.82, 2.24) is 0 Å². The van der Waals surface area contributed by atoms with Gasteiger partial charge in [-0.3, -0.25) is 0 Å². The van der Waals surface area contributed by atoms with Gasteiger partial charge in [0.25, 0.3) is 0 Å². The zero-order valence-electron chi connectivity index (χ0n) is 13.5. The van der Waals surface area contributed by atoms with E-state index in [0.717, 1.165) is 32.1 Å². The highest BCUT2D eigenvalue weighted by molar-refractivity contribution is 5.57. The Morgan fingerprint density at radius 3 is 1.75 bits per heavy atom. The second-order valence-electron chi connectivity index (χ2n) is 5.77. The minimum atomic E-state index is -1.12. The minimum Gasteiger partial charge on any atom is -0.450 e. The van der Waals surface area contributed by atoms with E-state index in [2.05, 4.69) is 13.8 Å². The Kier molecular flexibility index (Phi) is 14.1. The maximum Gasteiger partial charge on any atom is 0.506 e. The molecule has 0 saturated heterocycles. The Balaban J connectivity index is 3.45. The SMILES string of the molecule is CCCCCCCCCCCC(CCCC)OC(=O)O. The number of unbranched alkanes of at least 4 members (excludes halogenated alkanes) is 9. The fraction of sp³-hybridized carbons (Fsp3) is 0.941. The monoisotopic (exact) mass is 286 g/mol. The molecule has 120 valence electrons. The fourth-order valence-corrected chi connectivity index (χ4v) is 2.52. The van der Waals surface area contributed by atoms with Gasteiger partial charge in [0.05, 0.1) is 0 Å². The van der Waals surface area contributed by atoms with Crippen LogP contribution in [0.15, 0.2) is 0 Å². The summed E-state index contributed by atoms with van der Waals surface area (Å²) in [7, 11) is 0. The predicted octanol–water partition coefficient (Wildman–Crippen LogP) is 6.16. The molecule has 0 spiro atoms. The molecule has 0 aromatic carbocycles. The lowest BCUT2D eigenvalue weighted by Gasteiger charge is -2.15. The first-order valence-corrected chi connectivity index (χ1v) is 8.60. The summed E-state index contributed by atoms with van der Waals surface area (Å²) in [5, 5.41) is 8.70. The molecule has 1 atom stereocenters. The summed E-state index contributed by atoms with van der Waals surface area (Å²) in [5.74, 6) is 0. The molecule has 0 amide bonds. The number of hydrogen-bond donors (Lipinski definition) is 1. The van der Waals surface area contributed by atoms with Crippen LogP contribution in [0.1, 0.15) is 97.3 Å². The van der Waals surface area contributed by atoms with Gasteiger partial charge < -0.3 is 9.84 Å². The quantitative estimate of drug-likeness (QED) is 0.307. The third-order valence-corrected chi connectivity index (χ3v) is 3.78. The topological polar surface area (TPSA) is 46.5 Å². The summed E-state index contributed by atoms with van der Waals surface area (Å²) in [5.41, 5.74) is 0. The fourth-order valence-electron chi connectivity index (χ4n) is 2.52. The summed E-state index contributed by atoms with van der Waals surface area (Å²) in [6.45, 7) is 4.37. The highest BCUT2D eigenvalue weighted by atomic mass is 16.7. The molecule has 1 unspecified atom stereocenters. The van der Waals surface area contributed by atoms with Gasteiger partial charge in [-0.2, -0.15) is 0 Å². The molecule has 0 bridgehead atoms. The second kappa shape index (κ2) is 14.7. The molecule has 0 fully saturated rings. The lowest BCUT2D eigenvalue weighted by atomic mass is 10.0. The Morgan fingerprint density at radius 2 is 1.25 bits per heavy atom. The van der Waals surface area contributed by atoms with E-state index in [4.69, 9.17) is 9.84 Å². The molecule has 0 aliphatic carbocycles. The van der Waals surface area contributed by atoms with E-state index >= 15 is 0 Å². The molecular formula is C17H34O3. The molecule has 1 N–H and O–H groups in total. The molecule has 0 aromatic rings. The number of ether oxygens (including phenoxy) is 1. The standard InChI is InChI=1S/C17H34O3/c1-3-5-7-8-9-10-11-12-13-15-16(14-6-4-2)20-17(18)19/h16H,3-15H2,1-2H3,(H,18,19). The van der Waals surface area contributed by atoms with Crippen LogP contribution in [-0.4, -0.2) is 17.4 Å². The lowest BCUT2D eigenvalue weighted by molar-refractivity contribution is 0.0424. The highest BCUT2D eigenvalue weighted by Crippen LogP contribution is 2.15. The molecular weight excluding hydrogens is 252 g/mol. The van der Waals surface area contributed by atoms with Gasteiger partial charge in [0.2, 0.25) is 0 Å². The first-order valence-electron chi connectivity index (χ1n) is 8.60. The summed E-state index contributed by atoms with van der Waals surface area (Å²) in [4.78, 5) is 10.6. The van der Waals surface area contributed by atoms with Crippen molar-refractivity contribution in [2.24, 2.45) is 0 Å². The molecule has 0 aromatic heterocycles. The smallest absolute Gasteiger partial charge is 0.450 e. The molecule has 3 nitrogen and oxygen atoms in total. The van der Waals surface area contributed by atoms with Crippen molar-refractivity contribution >= 4 is 6.16 Å². The molecule has 0 radical (unpaired) electrons. The van der Waals surface area contributed by atoms with E-state index in [1.165, 1.54) is 51.4 Å². The average Bonchev–Trinajstić information content (AvgIpc) is 2.42. The van der Waals surface area contributed by atoms with E-state index in [1.54, 1.807) is 0 Å². The van der Waals surface area contributed by atoms with Crippen molar-refractivity contribution in [1.29, 1.82) is 0 Å². The van der Waals surface area contributed by atoms with Gasteiger partial charge in [-0.05, 0) is 19.3 Å². The maximum absolute atomic E-state index is 10.6. The predicted molar refractivity (Wildman–Crippen MR) is 84.3 cm³/mol. The molecule has 0 heterocycles. The number of carbonyl (C=O) groups is 1. The van der Waals surface area contributed by atoms with E-state index in [1.807, 2.05) is 0 Å². The summed E-state index contributed by atoms with van der Waals surface area (Å²) in [6.07, 6.45) is 14.4. The van der Waals surface area contributed by atoms with Crippen LogP contribution in [0.4, 0.5) is 4.79 Å². The van der Waals surface area contributed by atoms with Gasteiger partial charge in [-0.15, -0.1) is 0 Å². The zero-order valence-corrected chi connectivity index (χ0v) is 13.5. The van der Waals surface area contributed by atoms with Gasteiger partial charge in [-0.1, -0.05) is 78.1 Å². The maximum atomic E-state index is 10.6. The first-order chi connectivity index (χ1) is 9.70. The molecule has 20 heavy (non-hydrogen) atoms. The van der Waals surface area contributed by atoms with Crippen molar-refractivity contribution in [3.05, 3.63) is 0 Å². The van der Waals surface area contributed by atoms with Crippen LogP contribution in [0.5, 0.6) is 0 Å².